The average Bonchev–Trinajstić information content (AvgIpc) is 2.93. The molecule has 2 aromatic rings. The molecule has 2 rings (SSSR count). The molecule has 0 N–H and O–H groups in total. The Morgan fingerprint density at radius 3 is 2.61 bits per heavy atom. The highest BCUT2D eigenvalue weighted by atomic mass is 16.5. The molecule has 0 aliphatic rings. The second-order valence-corrected chi connectivity index (χ2v) is 3.74. The molecule has 94 valence electrons. The van der Waals surface area contributed by atoms with Gasteiger partial charge in [0.1, 0.15) is 12.4 Å². The van der Waals surface area contributed by atoms with Crippen LogP contribution in [0, 0.1) is 0 Å². The predicted molar refractivity (Wildman–Crippen MR) is 65.7 cm³/mol. The number of Topliss-reactive ketones (excluding diaryl/α,β-unsaturated/α-hetero) is 1. The summed E-state index contributed by atoms with van der Waals surface area (Å²) in [5.74, 6) is 0.962. The highest BCUT2D eigenvalue weighted by molar-refractivity contribution is 5.94. The maximum atomic E-state index is 11.6. The molecule has 0 saturated heterocycles. The fourth-order valence-electron chi connectivity index (χ4n) is 1.49. The Hall–Kier alpha value is -2.07. The van der Waals surface area contributed by atoms with Crippen LogP contribution in [0.3, 0.4) is 0 Å². The molecule has 0 atom stereocenters. The van der Waals surface area contributed by atoms with Gasteiger partial charge in [0.15, 0.2) is 5.76 Å². The number of carbonyl (C=O) groups excluding carboxylic acids is 1. The molecule has 18 heavy (non-hydrogen) atoms. The average molecular weight is 246 g/mol. The molecule has 4 heteroatoms. The molecule has 4 nitrogen and oxygen atoms in total. The lowest BCUT2D eigenvalue weighted by molar-refractivity contribution is 0.0700. The second kappa shape index (κ2) is 6.02. The van der Waals surface area contributed by atoms with Crippen LogP contribution in [-0.4, -0.2) is 19.5 Å². The fourth-order valence-corrected chi connectivity index (χ4v) is 1.49. The van der Waals surface area contributed by atoms with Crippen LogP contribution in [0.15, 0.2) is 47.1 Å². The Kier molecular flexibility index (Phi) is 4.15. The SMILES string of the molecule is COc1ccc(COCC(=O)c2ccco2)cc1. The minimum atomic E-state index is -0.159. The third kappa shape index (κ3) is 3.21. The number of ketones is 1. The summed E-state index contributed by atoms with van der Waals surface area (Å²) in [6.07, 6.45) is 1.47. The first-order chi connectivity index (χ1) is 8.79. The van der Waals surface area contributed by atoms with Crippen LogP contribution < -0.4 is 4.74 Å². The molecule has 0 bridgehead atoms. The summed E-state index contributed by atoms with van der Waals surface area (Å²) in [7, 11) is 1.62. The number of hydrogen-bond donors (Lipinski definition) is 0. The zero-order chi connectivity index (χ0) is 12.8. The van der Waals surface area contributed by atoms with Gasteiger partial charge in [0.05, 0.1) is 20.0 Å². The van der Waals surface area contributed by atoms with Crippen LogP contribution in [0.4, 0.5) is 0 Å². The smallest absolute Gasteiger partial charge is 0.223 e. The summed E-state index contributed by atoms with van der Waals surface area (Å²) >= 11 is 0. The highest BCUT2D eigenvalue weighted by Gasteiger charge is 2.08. The Bertz CT molecular complexity index is 485. The number of rotatable bonds is 6. The van der Waals surface area contributed by atoms with Crippen molar-refractivity contribution < 1.29 is 18.7 Å². The van der Waals surface area contributed by atoms with Gasteiger partial charge in [-0.25, -0.2) is 0 Å². The number of methoxy groups -OCH3 is 1. The van der Waals surface area contributed by atoms with Gasteiger partial charge in [-0.15, -0.1) is 0 Å². The highest BCUT2D eigenvalue weighted by Crippen LogP contribution is 2.12. The van der Waals surface area contributed by atoms with Gasteiger partial charge in [0, 0.05) is 0 Å². The van der Waals surface area contributed by atoms with Gasteiger partial charge in [-0.1, -0.05) is 12.1 Å². The van der Waals surface area contributed by atoms with Crippen molar-refractivity contribution in [2.24, 2.45) is 0 Å². The molecule has 1 aromatic carbocycles. The lowest BCUT2D eigenvalue weighted by atomic mass is 10.2. The van der Waals surface area contributed by atoms with Gasteiger partial charge in [-0.2, -0.15) is 0 Å². The predicted octanol–water partition coefficient (Wildman–Crippen LogP) is 2.69. The fraction of sp³-hybridized carbons (Fsp3) is 0.214. The zero-order valence-corrected chi connectivity index (χ0v) is 10.1. The summed E-state index contributed by atoms with van der Waals surface area (Å²) in [5, 5.41) is 0. The van der Waals surface area contributed by atoms with Crippen molar-refractivity contribution >= 4 is 5.78 Å². The van der Waals surface area contributed by atoms with E-state index in [4.69, 9.17) is 13.9 Å². The van der Waals surface area contributed by atoms with Crippen molar-refractivity contribution in [3.8, 4) is 5.75 Å². The third-order valence-electron chi connectivity index (χ3n) is 2.46. The number of benzene rings is 1. The topological polar surface area (TPSA) is 48.7 Å². The van der Waals surface area contributed by atoms with E-state index in [1.165, 1.54) is 6.26 Å². The number of carbonyl (C=O) groups is 1. The second-order valence-electron chi connectivity index (χ2n) is 3.74. The molecule has 1 aromatic heterocycles. The van der Waals surface area contributed by atoms with E-state index in [1.807, 2.05) is 24.3 Å². The molecule has 0 radical (unpaired) electrons. The van der Waals surface area contributed by atoms with Crippen LogP contribution in [-0.2, 0) is 11.3 Å². The lowest BCUT2D eigenvalue weighted by Gasteiger charge is -2.04. The summed E-state index contributed by atoms with van der Waals surface area (Å²) in [4.78, 5) is 11.6. The zero-order valence-electron chi connectivity index (χ0n) is 10.1. The Labute approximate surface area is 105 Å². The summed E-state index contributed by atoms with van der Waals surface area (Å²) in [5.41, 5.74) is 0.989. The monoisotopic (exact) mass is 246 g/mol. The van der Waals surface area contributed by atoms with Gasteiger partial charge in [-0.05, 0) is 29.8 Å². The summed E-state index contributed by atoms with van der Waals surface area (Å²) in [6.45, 7) is 0.399. The van der Waals surface area contributed by atoms with Crippen LogP contribution in [0.2, 0.25) is 0 Å². The number of ether oxygens (including phenoxy) is 2. The van der Waals surface area contributed by atoms with Crippen molar-refractivity contribution in [1.29, 1.82) is 0 Å². The van der Waals surface area contributed by atoms with Gasteiger partial charge in [-0.3, -0.25) is 4.79 Å². The third-order valence-corrected chi connectivity index (χ3v) is 2.46. The molecule has 0 unspecified atom stereocenters. The van der Waals surface area contributed by atoms with Crippen molar-refractivity contribution in [2.75, 3.05) is 13.7 Å². The van der Waals surface area contributed by atoms with Crippen LogP contribution in [0.5, 0.6) is 5.75 Å². The molecule has 1 heterocycles. The number of hydrogen-bond acceptors (Lipinski definition) is 4. The van der Waals surface area contributed by atoms with Gasteiger partial charge in [0.2, 0.25) is 5.78 Å². The van der Waals surface area contributed by atoms with E-state index in [1.54, 1.807) is 19.2 Å². The Morgan fingerprint density at radius 1 is 1.22 bits per heavy atom. The maximum absolute atomic E-state index is 11.6. The Morgan fingerprint density at radius 2 is 2.00 bits per heavy atom. The van der Waals surface area contributed by atoms with Gasteiger partial charge >= 0.3 is 0 Å². The van der Waals surface area contributed by atoms with E-state index in [9.17, 15) is 4.79 Å². The molecular formula is C14H14O4. The Balaban J connectivity index is 1.79. The van der Waals surface area contributed by atoms with E-state index in [-0.39, 0.29) is 12.4 Å². The van der Waals surface area contributed by atoms with Crippen LogP contribution in [0.25, 0.3) is 0 Å². The first-order valence-corrected chi connectivity index (χ1v) is 5.57. The minimum Gasteiger partial charge on any atom is -0.497 e. The van der Waals surface area contributed by atoms with Crippen LogP contribution >= 0.6 is 0 Å². The summed E-state index contributed by atoms with van der Waals surface area (Å²) < 4.78 is 15.4. The maximum Gasteiger partial charge on any atom is 0.223 e. The van der Waals surface area contributed by atoms with E-state index in [0.717, 1.165) is 11.3 Å². The largest absolute Gasteiger partial charge is 0.497 e. The molecule has 0 aliphatic carbocycles. The summed E-state index contributed by atoms with van der Waals surface area (Å²) in [6, 6.07) is 10.8. The van der Waals surface area contributed by atoms with E-state index < -0.39 is 0 Å². The van der Waals surface area contributed by atoms with Crippen LogP contribution in [0.1, 0.15) is 16.1 Å². The van der Waals surface area contributed by atoms with E-state index in [0.29, 0.717) is 12.4 Å². The quantitative estimate of drug-likeness (QED) is 0.735. The van der Waals surface area contributed by atoms with Crippen molar-refractivity contribution in [3.05, 3.63) is 54.0 Å². The first-order valence-electron chi connectivity index (χ1n) is 5.57. The first kappa shape index (κ1) is 12.4. The molecule has 0 aliphatic heterocycles. The van der Waals surface area contributed by atoms with E-state index in [2.05, 4.69) is 0 Å². The van der Waals surface area contributed by atoms with Crippen molar-refractivity contribution in [3.63, 3.8) is 0 Å². The molecule has 0 spiro atoms. The number of furan rings is 1. The minimum absolute atomic E-state index is 0.0134. The van der Waals surface area contributed by atoms with Crippen molar-refractivity contribution in [1.82, 2.24) is 0 Å². The lowest BCUT2D eigenvalue weighted by Crippen LogP contribution is -2.08. The molecule has 0 saturated carbocycles. The van der Waals surface area contributed by atoms with Gasteiger partial charge in [0.25, 0.3) is 0 Å². The normalized spacial score (nSPS) is 10.3. The van der Waals surface area contributed by atoms with E-state index >= 15 is 0 Å². The van der Waals surface area contributed by atoms with Gasteiger partial charge < -0.3 is 13.9 Å². The molecule has 0 amide bonds. The molecule has 0 fully saturated rings. The standard InChI is InChI=1S/C14H14O4/c1-16-12-6-4-11(5-7-12)9-17-10-13(15)14-3-2-8-18-14/h2-8H,9-10H2,1H3. The molecular weight excluding hydrogens is 232 g/mol. The van der Waals surface area contributed by atoms with Crippen molar-refractivity contribution in [2.45, 2.75) is 6.61 Å².